The number of hydrogen-bond acceptors (Lipinski definition) is 3. The fourth-order valence-corrected chi connectivity index (χ4v) is 4.68. The van der Waals surface area contributed by atoms with Crippen LogP contribution in [0.25, 0.3) is 0 Å². The van der Waals surface area contributed by atoms with Gasteiger partial charge in [-0.25, -0.2) is 8.42 Å². The normalized spacial score (nSPS) is 15.0. The van der Waals surface area contributed by atoms with E-state index in [1.165, 1.54) is 12.1 Å². The van der Waals surface area contributed by atoms with E-state index in [0.717, 1.165) is 19.3 Å². The van der Waals surface area contributed by atoms with E-state index in [0.29, 0.717) is 6.54 Å². The molecule has 21 heavy (non-hydrogen) atoms. The lowest BCUT2D eigenvalue weighted by atomic mass is 10.2. The zero-order chi connectivity index (χ0) is 15.8. The number of amides is 1. The van der Waals surface area contributed by atoms with Crippen molar-refractivity contribution in [2.75, 3.05) is 6.54 Å². The van der Waals surface area contributed by atoms with E-state index in [2.05, 4.69) is 15.9 Å². The Labute approximate surface area is 142 Å². The van der Waals surface area contributed by atoms with Gasteiger partial charge in [0.05, 0.1) is 15.5 Å². The van der Waals surface area contributed by atoms with E-state index in [1.54, 1.807) is 4.90 Å². The molecule has 116 valence electrons. The van der Waals surface area contributed by atoms with Gasteiger partial charge in [-0.2, -0.15) is 0 Å². The Balaban J connectivity index is 2.45. The molecule has 1 saturated carbocycles. The second kappa shape index (κ2) is 6.44. The summed E-state index contributed by atoms with van der Waals surface area (Å²) in [4.78, 5) is 14.2. The summed E-state index contributed by atoms with van der Waals surface area (Å²) in [6, 6.07) is 2.86. The van der Waals surface area contributed by atoms with Gasteiger partial charge < -0.3 is 4.90 Å². The van der Waals surface area contributed by atoms with Gasteiger partial charge in [0.15, 0.2) is 0 Å². The van der Waals surface area contributed by atoms with Crippen molar-refractivity contribution in [3.8, 4) is 0 Å². The Morgan fingerprint density at radius 1 is 1.43 bits per heavy atom. The number of rotatable bonds is 5. The SMILES string of the molecule is CCCN(C(=O)c1cc(S(=O)(=O)Cl)c(Br)cc1Cl)C1CC1. The molecule has 0 N–H and O–H groups in total. The molecule has 0 bridgehead atoms. The molecule has 1 fully saturated rings. The van der Waals surface area contributed by atoms with Crippen LogP contribution in [0.5, 0.6) is 0 Å². The molecule has 4 nitrogen and oxygen atoms in total. The van der Waals surface area contributed by atoms with Crippen molar-refractivity contribution in [3.63, 3.8) is 0 Å². The van der Waals surface area contributed by atoms with E-state index in [9.17, 15) is 13.2 Å². The first-order chi connectivity index (χ1) is 9.75. The number of carbonyl (C=O) groups excluding carboxylic acids is 1. The van der Waals surface area contributed by atoms with E-state index < -0.39 is 9.05 Å². The molecule has 0 radical (unpaired) electrons. The number of hydrogen-bond donors (Lipinski definition) is 0. The highest BCUT2D eigenvalue weighted by Gasteiger charge is 2.33. The van der Waals surface area contributed by atoms with Gasteiger partial charge in [-0.3, -0.25) is 4.79 Å². The number of benzene rings is 1. The highest BCUT2D eigenvalue weighted by atomic mass is 79.9. The monoisotopic (exact) mass is 413 g/mol. The van der Waals surface area contributed by atoms with Crippen molar-refractivity contribution in [2.24, 2.45) is 0 Å². The maximum atomic E-state index is 12.6. The molecular weight excluding hydrogens is 401 g/mol. The molecule has 8 heteroatoms. The molecule has 0 atom stereocenters. The highest BCUT2D eigenvalue weighted by Crippen LogP contribution is 2.34. The summed E-state index contributed by atoms with van der Waals surface area (Å²) in [6.07, 6.45) is 2.78. The van der Waals surface area contributed by atoms with E-state index in [-0.39, 0.29) is 31.9 Å². The van der Waals surface area contributed by atoms with Crippen LogP contribution >= 0.6 is 38.2 Å². The highest BCUT2D eigenvalue weighted by molar-refractivity contribution is 9.10. The van der Waals surface area contributed by atoms with Gasteiger partial charge in [0.25, 0.3) is 15.0 Å². The van der Waals surface area contributed by atoms with Crippen LogP contribution in [0.15, 0.2) is 21.5 Å². The minimum absolute atomic E-state index is 0.149. The van der Waals surface area contributed by atoms with Crippen molar-refractivity contribution < 1.29 is 13.2 Å². The third-order valence-electron chi connectivity index (χ3n) is 3.23. The largest absolute Gasteiger partial charge is 0.336 e. The zero-order valence-electron chi connectivity index (χ0n) is 11.3. The zero-order valence-corrected chi connectivity index (χ0v) is 15.2. The molecular formula is C13H14BrCl2NO3S. The summed E-state index contributed by atoms with van der Waals surface area (Å²) in [5.41, 5.74) is 0.166. The minimum Gasteiger partial charge on any atom is -0.336 e. The summed E-state index contributed by atoms with van der Waals surface area (Å²) in [5, 5.41) is 0.206. The Morgan fingerprint density at radius 2 is 2.05 bits per heavy atom. The predicted octanol–water partition coefficient (Wildman–Crippen LogP) is 4.04. The third-order valence-corrected chi connectivity index (χ3v) is 5.82. The number of nitrogens with zero attached hydrogens (tertiary/aromatic N) is 1. The van der Waals surface area contributed by atoms with Crippen LogP contribution in [0.2, 0.25) is 5.02 Å². The van der Waals surface area contributed by atoms with Crippen LogP contribution in [-0.2, 0) is 9.05 Å². The first-order valence-electron chi connectivity index (χ1n) is 6.50. The first-order valence-corrected chi connectivity index (χ1v) is 9.98. The molecule has 0 saturated heterocycles. The Kier molecular flexibility index (Phi) is 5.23. The van der Waals surface area contributed by atoms with Crippen molar-refractivity contribution in [1.82, 2.24) is 4.90 Å². The lowest BCUT2D eigenvalue weighted by Gasteiger charge is -2.22. The average Bonchev–Trinajstić information content (AvgIpc) is 3.17. The second-order valence-electron chi connectivity index (χ2n) is 4.93. The summed E-state index contributed by atoms with van der Waals surface area (Å²) >= 11 is 9.20. The second-order valence-corrected chi connectivity index (χ2v) is 8.73. The van der Waals surface area contributed by atoms with Crippen LogP contribution in [0.3, 0.4) is 0 Å². The van der Waals surface area contributed by atoms with E-state index >= 15 is 0 Å². The van der Waals surface area contributed by atoms with Gasteiger partial charge in [0, 0.05) is 27.7 Å². The lowest BCUT2D eigenvalue weighted by Crippen LogP contribution is -2.34. The minimum atomic E-state index is -3.95. The van der Waals surface area contributed by atoms with Crippen molar-refractivity contribution in [3.05, 3.63) is 27.2 Å². The topological polar surface area (TPSA) is 54.5 Å². The standard InChI is InChI=1S/C13H14BrCl2NO3S/c1-2-5-17(8-3-4-8)13(18)9-6-12(21(16,19)20)10(14)7-11(9)15/h6-8H,2-5H2,1H3. The molecule has 0 unspecified atom stereocenters. The molecule has 0 aliphatic heterocycles. The first kappa shape index (κ1) is 17.1. The van der Waals surface area contributed by atoms with E-state index in [4.69, 9.17) is 22.3 Å². The maximum Gasteiger partial charge on any atom is 0.262 e. The molecule has 1 aromatic carbocycles. The fraction of sp³-hybridized carbons (Fsp3) is 0.462. The summed E-state index contributed by atoms with van der Waals surface area (Å²) < 4.78 is 23.3. The molecule has 2 rings (SSSR count). The maximum absolute atomic E-state index is 12.6. The van der Waals surface area contributed by atoms with Gasteiger partial charge >= 0.3 is 0 Å². The van der Waals surface area contributed by atoms with Crippen molar-refractivity contribution >= 4 is 53.2 Å². The van der Waals surface area contributed by atoms with Gasteiger partial charge in [-0.1, -0.05) is 18.5 Å². The molecule has 0 heterocycles. The number of carbonyl (C=O) groups is 1. The molecule has 0 spiro atoms. The van der Waals surface area contributed by atoms with Crippen molar-refractivity contribution in [2.45, 2.75) is 37.1 Å². The average molecular weight is 415 g/mol. The van der Waals surface area contributed by atoms with Gasteiger partial charge in [-0.15, -0.1) is 0 Å². The van der Waals surface area contributed by atoms with Gasteiger partial charge in [-0.05, 0) is 47.3 Å². The van der Waals surface area contributed by atoms with Crippen LogP contribution in [0, 0.1) is 0 Å². The smallest absolute Gasteiger partial charge is 0.262 e. The van der Waals surface area contributed by atoms with E-state index in [1.807, 2.05) is 6.92 Å². The summed E-state index contributed by atoms with van der Waals surface area (Å²) in [7, 11) is 1.43. The Bertz CT molecular complexity index is 674. The summed E-state index contributed by atoms with van der Waals surface area (Å²) in [5.74, 6) is -0.251. The number of halogens is 3. The lowest BCUT2D eigenvalue weighted by molar-refractivity contribution is 0.0743. The summed E-state index contributed by atoms with van der Waals surface area (Å²) in [6.45, 7) is 2.61. The quantitative estimate of drug-likeness (QED) is 0.683. The van der Waals surface area contributed by atoms with Gasteiger partial charge in [0.1, 0.15) is 0 Å². The Morgan fingerprint density at radius 3 is 2.52 bits per heavy atom. The van der Waals surface area contributed by atoms with Gasteiger partial charge in [0.2, 0.25) is 0 Å². The molecule has 0 aromatic heterocycles. The van der Waals surface area contributed by atoms with Crippen molar-refractivity contribution in [1.29, 1.82) is 0 Å². The molecule has 1 aliphatic carbocycles. The fourth-order valence-electron chi connectivity index (χ4n) is 2.11. The molecule has 1 aromatic rings. The Hall–Kier alpha value is -0.300. The molecule has 1 aliphatic rings. The van der Waals surface area contributed by atoms with Crippen LogP contribution in [-0.4, -0.2) is 31.8 Å². The third kappa shape index (κ3) is 3.92. The van der Waals surface area contributed by atoms with Crippen LogP contribution in [0.4, 0.5) is 0 Å². The molecule has 1 amide bonds. The van der Waals surface area contributed by atoms with Crippen LogP contribution in [0.1, 0.15) is 36.5 Å². The van der Waals surface area contributed by atoms with Crippen LogP contribution < -0.4 is 0 Å². The predicted molar refractivity (Wildman–Crippen MR) is 86.5 cm³/mol.